The number of aromatic nitrogens is 2. The lowest BCUT2D eigenvalue weighted by Crippen LogP contribution is -2.23. The third kappa shape index (κ3) is 4.40. The Morgan fingerprint density at radius 3 is 2.34 bits per heavy atom. The second-order valence-electron chi connectivity index (χ2n) is 8.00. The van der Waals surface area contributed by atoms with E-state index >= 15 is 0 Å². The number of nitrogens with zero attached hydrogens (tertiary/aromatic N) is 2. The predicted molar refractivity (Wildman–Crippen MR) is 108 cm³/mol. The molecule has 1 N–H and O–H groups in total. The SMILES string of the molecule is Cc1ccc(C(C)(C)O)cc1-c1ccc2c(c1)n(C)c(=O)n2CCCC(F)(F)F. The molecule has 0 radical (unpaired) electrons. The second-order valence-corrected chi connectivity index (χ2v) is 8.00. The van der Waals surface area contributed by atoms with Gasteiger partial charge in [-0.1, -0.05) is 18.2 Å². The number of halogens is 3. The van der Waals surface area contributed by atoms with E-state index in [-0.39, 0.29) is 18.7 Å². The lowest BCUT2D eigenvalue weighted by molar-refractivity contribution is -0.135. The average Bonchev–Trinajstić information content (AvgIpc) is 2.84. The molecule has 3 aromatic rings. The lowest BCUT2D eigenvalue weighted by Gasteiger charge is -2.20. The van der Waals surface area contributed by atoms with Crippen molar-refractivity contribution < 1.29 is 18.3 Å². The van der Waals surface area contributed by atoms with Gasteiger partial charge in [-0.3, -0.25) is 9.13 Å². The third-order valence-corrected chi connectivity index (χ3v) is 5.24. The van der Waals surface area contributed by atoms with Crippen LogP contribution in [0.1, 0.15) is 37.8 Å². The maximum Gasteiger partial charge on any atom is 0.389 e. The van der Waals surface area contributed by atoms with Gasteiger partial charge >= 0.3 is 11.9 Å². The molecule has 1 aromatic heterocycles. The number of hydrogen-bond donors (Lipinski definition) is 1. The molecule has 0 amide bonds. The van der Waals surface area contributed by atoms with Crippen molar-refractivity contribution in [3.8, 4) is 11.1 Å². The molecule has 0 saturated heterocycles. The van der Waals surface area contributed by atoms with Gasteiger partial charge < -0.3 is 5.11 Å². The number of imidazole rings is 1. The first kappa shape index (κ1) is 21.2. The number of fused-ring (bicyclic) bond motifs is 1. The molecule has 156 valence electrons. The summed E-state index contributed by atoms with van der Waals surface area (Å²) in [7, 11) is 1.62. The van der Waals surface area contributed by atoms with E-state index in [9.17, 15) is 23.1 Å². The smallest absolute Gasteiger partial charge is 0.386 e. The third-order valence-electron chi connectivity index (χ3n) is 5.24. The summed E-state index contributed by atoms with van der Waals surface area (Å²) in [6.45, 7) is 5.42. The normalized spacial score (nSPS) is 12.7. The van der Waals surface area contributed by atoms with Crippen LogP contribution in [0.15, 0.2) is 41.2 Å². The Morgan fingerprint density at radius 1 is 1.03 bits per heavy atom. The Kier molecular flexibility index (Phi) is 5.38. The first-order chi connectivity index (χ1) is 13.4. The van der Waals surface area contributed by atoms with Crippen molar-refractivity contribution in [1.82, 2.24) is 9.13 Å². The number of rotatable bonds is 5. The van der Waals surface area contributed by atoms with Gasteiger partial charge in [-0.15, -0.1) is 0 Å². The maximum atomic E-state index is 12.6. The van der Waals surface area contributed by atoms with Crippen molar-refractivity contribution in [2.75, 3.05) is 0 Å². The predicted octanol–water partition coefficient (Wildman–Crippen LogP) is 4.89. The minimum atomic E-state index is -4.23. The van der Waals surface area contributed by atoms with Crippen molar-refractivity contribution in [3.05, 3.63) is 58.0 Å². The fraction of sp³-hybridized carbons (Fsp3) is 0.409. The van der Waals surface area contributed by atoms with Gasteiger partial charge in [0.05, 0.1) is 16.6 Å². The zero-order valence-electron chi connectivity index (χ0n) is 17.0. The Bertz CT molecular complexity index is 1100. The lowest BCUT2D eigenvalue weighted by atomic mass is 9.91. The molecule has 0 spiro atoms. The minimum Gasteiger partial charge on any atom is -0.386 e. The average molecular weight is 406 g/mol. The molecule has 29 heavy (non-hydrogen) atoms. The van der Waals surface area contributed by atoms with Gasteiger partial charge in [0.15, 0.2) is 0 Å². The van der Waals surface area contributed by atoms with Gasteiger partial charge in [-0.2, -0.15) is 13.2 Å². The van der Waals surface area contributed by atoms with E-state index in [0.29, 0.717) is 11.0 Å². The van der Waals surface area contributed by atoms with E-state index in [1.54, 1.807) is 27.0 Å². The molecule has 0 aliphatic rings. The highest BCUT2D eigenvalue weighted by atomic mass is 19.4. The molecule has 1 heterocycles. The van der Waals surface area contributed by atoms with Crippen LogP contribution in [0.3, 0.4) is 0 Å². The molecule has 0 aliphatic heterocycles. The number of benzene rings is 2. The summed E-state index contributed by atoms with van der Waals surface area (Å²) < 4.78 is 40.2. The molecule has 4 nitrogen and oxygen atoms in total. The van der Waals surface area contributed by atoms with E-state index < -0.39 is 18.2 Å². The zero-order valence-corrected chi connectivity index (χ0v) is 17.0. The largest absolute Gasteiger partial charge is 0.389 e. The number of aryl methyl sites for hydroxylation is 3. The highest BCUT2D eigenvalue weighted by Gasteiger charge is 2.26. The van der Waals surface area contributed by atoms with Gasteiger partial charge in [0, 0.05) is 20.0 Å². The van der Waals surface area contributed by atoms with Gasteiger partial charge in [-0.25, -0.2) is 4.79 Å². The number of aliphatic hydroxyl groups is 1. The standard InChI is InChI=1S/C22H25F3N2O2/c1-14-6-8-16(21(2,3)29)13-17(14)15-7-9-18-19(12-15)26(4)20(28)27(18)11-5-10-22(23,24)25/h6-9,12-13,29H,5,10-11H2,1-4H3. The Balaban J connectivity index is 2.04. The summed E-state index contributed by atoms with van der Waals surface area (Å²) in [6.07, 6.45) is -5.29. The van der Waals surface area contributed by atoms with Crippen molar-refractivity contribution in [3.63, 3.8) is 0 Å². The molecule has 0 saturated carbocycles. The van der Waals surface area contributed by atoms with Crippen LogP contribution in [0.25, 0.3) is 22.2 Å². The zero-order chi connectivity index (χ0) is 21.6. The van der Waals surface area contributed by atoms with E-state index in [1.807, 2.05) is 37.3 Å². The van der Waals surface area contributed by atoms with Crippen LogP contribution in [0.2, 0.25) is 0 Å². The highest BCUT2D eigenvalue weighted by Crippen LogP contribution is 2.31. The van der Waals surface area contributed by atoms with E-state index in [2.05, 4.69) is 0 Å². The minimum absolute atomic E-state index is 0.0161. The molecule has 0 unspecified atom stereocenters. The fourth-order valence-corrected chi connectivity index (χ4v) is 3.54. The second kappa shape index (κ2) is 7.37. The molecule has 3 rings (SSSR count). The summed E-state index contributed by atoms with van der Waals surface area (Å²) in [5.41, 5.74) is 3.56. The summed E-state index contributed by atoms with van der Waals surface area (Å²) in [5.74, 6) is 0. The fourth-order valence-electron chi connectivity index (χ4n) is 3.54. The quantitative estimate of drug-likeness (QED) is 0.656. The number of hydrogen-bond acceptors (Lipinski definition) is 2. The van der Waals surface area contributed by atoms with Crippen molar-refractivity contribution in [2.24, 2.45) is 7.05 Å². The molecule has 2 aromatic carbocycles. The van der Waals surface area contributed by atoms with E-state index in [4.69, 9.17) is 0 Å². The summed E-state index contributed by atoms with van der Waals surface area (Å²) in [6, 6.07) is 11.2. The molecule has 7 heteroatoms. The summed E-state index contributed by atoms with van der Waals surface area (Å²) in [5, 5.41) is 10.3. The van der Waals surface area contributed by atoms with Gasteiger partial charge in [0.1, 0.15) is 0 Å². The Morgan fingerprint density at radius 2 is 1.72 bits per heavy atom. The molecule has 0 bridgehead atoms. The van der Waals surface area contributed by atoms with Gasteiger partial charge in [-0.05, 0) is 67.6 Å². The highest BCUT2D eigenvalue weighted by molar-refractivity contribution is 5.83. The van der Waals surface area contributed by atoms with Crippen molar-refractivity contribution in [2.45, 2.75) is 51.9 Å². The van der Waals surface area contributed by atoms with Crippen molar-refractivity contribution in [1.29, 1.82) is 0 Å². The van der Waals surface area contributed by atoms with Crippen LogP contribution in [0, 0.1) is 6.92 Å². The summed E-state index contributed by atoms with van der Waals surface area (Å²) >= 11 is 0. The molecular formula is C22H25F3N2O2. The van der Waals surface area contributed by atoms with Crippen LogP contribution < -0.4 is 5.69 Å². The first-order valence-corrected chi connectivity index (χ1v) is 9.48. The van der Waals surface area contributed by atoms with Crippen LogP contribution in [-0.2, 0) is 19.2 Å². The van der Waals surface area contributed by atoms with Crippen LogP contribution >= 0.6 is 0 Å². The Labute approximate surface area is 167 Å². The Hall–Kier alpha value is -2.54. The van der Waals surface area contributed by atoms with E-state index in [1.165, 1.54) is 9.13 Å². The number of alkyl halides is 3. The van der Waals surface area contributed by atoms with Gasteiger partial charge in [0.25, 0.3) is 0 Å². The van der Waals surface area contributed by atoms with Gasteiger partial charge in [0.2, 0.25) is 0 Å². The molecular weight excluding hydrogens is 381 g/mol. The van der Waals surface area contributed by atoms with Crippen LogP contribution in [0.4, 0.5) is 13.2 Å². The van der Waals surface area contributed by atoms with Crippen molar-refractivity contribution >= 4 is 11.0 Å². The molecule has 0 fully saturated rings. The van der Waals surface area contributed by atoms with E-state index in [0.717, 1.165) is 22.3 Å². The monoisotopic (exact) mass is 406 g/mol. The summed E-state index contributed by atoms with van der Waals surface area (Å²) in [4.78, 5) is 12.6. The van der Waals surface area contributed by atoms with Crippen LogP contribution in [-0.4, -0.2) is 20.4 Å². The van der Waals surface area contributed by atoms with Crippen LogP contribution in [0.5, 0.6) is 0 Å². The maximum absolute atomic E-state index is 12.6. The molecule has 0 atom stereocenters. The molecule has 0 aliphatic carbocycles. The topological polar surface area (TPSA) is 47.2 Å². The first-order valence-electron chi connectivity index (χ1n) is 9.48.